The summed E-state index contributed by atoms with van der Waals surface area (Å²) in [6.45, 7) is 1.78. The largest absolute Gasteiger partial charge is 0.506 e. The second-order valence-electron chi connectivity index (χ2n) is 4.19. The summed E-state index contributed by atoms with van der Waals surface area (Å²) in [5.74, 6) is 1.24. The Hall–Kier alpha value is -2.96. The average Bonchev–Trinajstić information content (AvgIpc) is 2.92. The van der Waals surface area contributed by atoms with Gasteiger partial charge in [0.1, 0.15) is 17.3 Å². The van der Waals surface area contributed by atoms with E-state index in [-0.39, 0.29) is 11.6 Å². The van der Waals surface area contributed by atoms with E-state index < -0.39 is 0 Å². The van der Waals surface area contributed by atoms with Gasteiger partial charge in [0, 0.05) is 11.8 Å². The van der Waals surface area contributed by atoms with E-state index in [4.69, 9.17) is 10.3 Å². The molecule has 100 valence electrons. The minimum Gasteiger partial charge on any atom is -0.506 e. The summed E-state index contributed by atoms with van der Waals surface area (Å²) >= 11 is 0. The van der Waals surface area contributed by atoms with Crippen molar-refractivity contribution in [3.8, 4) is 28.7 Å². The molecule has 0 aliphatic heterocycles. The van der Waals surface area contributed by atoms with Gasteiger partial charge in [0.05, 0.1) is 5.69 Å². The maximum absolute atomic E-state index is 9.59. The lowest BCUT2D eigenvalue weighted by atomic mass is 10.2. The van der Waals surface area contributed by atoms with E-state index in [0.29, 0.717) is 28.6 Å². The van der Waals surface area contributed by atoms with Gasteiger partial charge in [-0.3, -0.25) is 0 Å². The molecular formula is C13H11N5O2. The highest BCUT2D eigenvalue weighted by Gasteiger charge is 2.13. The summed E-state index contributed by atoms with van der Waals surface area (Å²) < 4.78 is 5.17. The summed E-state index contributed by atoms with van der Waals surface area (Å²) in [6.07, 6.45) is 1.63. The number of aromatic nitrogens is 4. The SMILES string of the molecule is Cc1nccc(-c2noc(-c3ccc(N)c(O)c3)n2)n1. The van der Waals surface area contributed by atoms with Gasteiger partial charge >= 0.3 is 0 Å². The van der Waals surface area contributed by atoms with E-state index in [2.05, 4.69) is 20.1 Å². The lowest BCUT2D eigenvalue weighted by Crippen LogP contribution is -1.91. The van der Waals surface area contributed by atoms with E-state index in [1.807, 2.05) is 0 Å². The molecule has 3 aromatic rings. The molecule has 2 heterocycles. The van der Waals surface area contributed by atoms with Crippen LogP contribution in [0.4, 0.5) is 5.69 Å². The van der Waals surface area contributed by atoms with Gasteiger partial charge in [-0.1, -0.05) is 5.16 Å². The van der Waals surface area contributed by atoms with Crippen LogP contribution in [0.5, 0.6) is 5.75 Å². The van der Waals surface area contributed by atoms with Crippen molar-refractivity contribution in [1.29, 1.82) is 0 Å². The number of benzene rings is 1. The maximum atomic E-state index is 9.59. The van der Waals surface area contributed by atoms with Crippen molar-refractivity contribution in [3.63, 3.8) is 0 Å². The minimum atomic E-state index is -0.0277. The number of hydrogen-bond donors (Lipinski definition) is 2. The van der Waals surface area contributed by atoms with Crippen LogP contribution in [0.15, 0.2) is 35.0 Å². The van der Waals surface area contributed by atoms with Crippen LogP contribution < -0.4 is 5.73 Å². The quantitative estimate of drug-likeness (QED) is 0.538. The van der Waals surface area contributed by atoms with Gasteiger partial charge in [-0.2, -0.15) is 4.98 Å². The van der Waals surface area contributed by atoms with Gasteiger partial charge in [0.15, 0.2) is 0 Å². The van der Waals surface area contributed by atoms with Crippen LogP contribution in [-0.4, -0.2) is 25.2 Å². The molecule has 0 saturated heterocycles. The monoisotopic (exact) mass is 269 g/mol. The summed E-state index contributed by atoms with van der Waals surface area (Å²) in [6, 6.07) is 6.43. The van der Waals surface area contributed by atoms with Crippen molar-refractivity contribution < 1.29 is 9.63 Å². The number of aromatic hydroxyl groups is 1. The van der Waals surface area contributed by atoms with Crippen molar-refractivity contribution in [3.05, 3.63) is 36.3 Å². The zero-order chi connectivity index (χ0) is 14.1. The predicted molar refractivity (Wildman–Crippen MR) is 71.6 cm³/mol. The topological polar surface area (TPSA) is 111 Å². The summed E-state index contributed by atoms with van der Waals surface area (Å²) in [4.78, 5) is 12.5. The van der Waals surface area contributed by atoms with Crippen LogP contribution in [0.1, 0.15) is 5.82 Å². The summed E-state index contributed by atoms with van der Waals surface area (Å²) in [5, 5.41) is 13.5. The first kappa shape index (κ1) is 12.1. The molecule has 0 atom stereocenters. The van der Waals surface area contributed by atoms with E-state index in [9.17, 15) is 5.11 Å². The van der Waals surface area contributed by atoms with Crippen molar-refractivity contribution >= 4 is 5.69 Å². The molecule has 0 unspecified atom stereocenters. The van der Waals surface area contributed by atoms with E-state index in [1.165, 1.54) is 6.07 Å². The number of aryl methyl sites for hydroxylation is 1. The van der Waals surface area contributed by atoms with Crippen molar-refractivity contribution in [2.24, 2.45) is 0 Å². The molecule has 3 rings (SSSR count). The Balaban J connectivity index is 1.99. The average molecular weight is 269 g/mol. The fraction of sp³-hybridized carbons (Fsp3) is 0.0769. The number of hydrogen-bond acceptors (Lipinski definition) is 7. The zero-order valence-electron chi connectivity index (χ0n) is 10.6. The normalized spacial score (nSPS) is 10.7. The maximum Gasteiger partial charge on any atom is 0.258 e. The van der Waals surface area contributed by atoms with E-state index >= 15 is 0 Å². The van der Waals surface area contributed by atoms with E-state index in [1.54, 1.807) is 31.3 Å². The Morgan fingerprint density at radius 1 is 1.20 bits per heavy atom. The second kappa shape index (κ2) is 4.61. The van der Waals surface area contributed by atoms with Crippen LogP contribution in [0.25, 0.3) is 23.0 Å². The fourth-order valence-corrected chi connectivity index (χ4v) is 1.70. The van der Waals surface area contributed by atoms with Crippen LogP contribution in [0, 0.1) is 6.92 Å². The number of rotatable bonds is 2. The Morgan fingerprint density at radius 3 is 2.80 bits per heavy atom. The van der Waals surface area contributed by atoms with Crippen molar-refractivity contribution in [2.75, 3.05) is 5.73 Å². The molecule has 0 bridgehead atoms. The van der Waals surface area contributed by atoms with Crippen LogP contribution >= 0.6 is 0 Å². The Morgan fingerprint density at radius 2 is 2.05 bits per heavy atom. The molecule has 7 heteroatoms. The van der Waals surface area contributed by atoms with Crippen LogP contribution in [-0.2, 0) is 0 Å². The highest BCUT2D eigenvalue weighted by molar-refractivity contribution is 5.65. The van der Waals surface area contributed by atoms with E-state index in [0.717, 1.165) is 0 Å². The highest BCUT2D eigenvalue weighted by Crippen LogP contribution is 2.27. The van der Waals surface area contributed by atoms with Gasteiger partial charge in [0.2, 0.25) is 5.82 Å². The molecule has 0 aliphatic carbocycles. The number of anilines is 1. The molecule has 0 spiro atoms. The summed E-state index contributed by atoms with van der Waals surface area (Å²) in [7, 11) is 0. The molecule has 0 fully saturated rings. The Kier molecular flexibility index (Phi) is 2.79. The highest BCUT2D eigenvalue weighted by atomic mass is 16.5. The molecule has 3 N–H and O–H groups in total. The third-order valence-electron chi connectivity index (χ3n) is 2.71. The molecule has 2 aromatic heterocycles. The van der Waals surface area contributed by atoms with Gasteiger partial charge in [-0.25, -0.2) is 9.97 Å². The number of phenols is 1. The molecular weight excluding hydrogens is 258 g/mol. The van der Waals surface area contributed by atoms with Crippen molar-refractivity contribution in [2.45, 2.75) is 6.92 Å². The first-order valence-corrected chi connectivity index (χ1v) is 5.86. The molecule has 1 aromatic carbocycles. The predicted octanol–water partition coefficient (Wildman–Crippen LogP) is 1.79. The fourth-order valence-electron chi connectivity index (χ4n) is 1.70. The lowest BCUT2D eigenvalue weighted by molar-refractivity contribution is 0.431. The standard InChI is InChI=1S/C13H11N5O2/c1-7-15-5-4-10(16-7)12-17-13(20-18-12)8-2-3-9(14)11(19)6-8/h2-6,19H,14H2,1H3. The van der Waals surface area contributed by atoms with Crippen LogP contribution in [0.3, 0.4) is 0 Å². The van der Waals surface area contributed by atoms with Crippen molar-refractivity contribution in [1.82, 2.24) is 20.1 Å². The second-order valence-corrected chi connectivity index (χ2v) is 4.19. The Bertz CT molecular complexity index is 769. The third-order valence-corrected chi connectivity index (χ3v) is 2.71. The minimum absolute atomic E-state index is 0.0277. The molecule has 0 amide bonds. The number of nitrogens with two attached hydrogens (primary N) is 1. The van der Waals surface area contributed by atoms with Gasteiger partial charge < -0.3 is 15.4 Å². The lowest BCUT2D eigenvalue weighted by Gasteiger charge is -1.99. The zero-order valence-corrected chi connectivity index (χ0v) is 10.6. The molecule has 0 aliphatic rings. The Labute approximate surface area is 114 Å². The number of nitrogens with zero attached hydrogens (tertiary/aromatic N) is 4. The molecule has 0 saturated carbocycles. The first-order chi connectivity index (χ1) is 9.63. The van der Waals surface area contributed by atoms with Crippen LogP contribution in [0.2, 0.25) is 0 Å². The molecule has 7 nitrogen and oxygen atoms in total. The number of phenolic OH excluding ortho intramolecular Hbond substituents is 1. The third kappa shape index (κ3) is 2.16. The molecule has 20 heavy (non-hydrogen) atoms. The first-order valence-electron chi connectivity index (χ1n) is 5.86. The van der Waals surface area contributed by atoms with Gasteiger partial charge in [0.25, 0.3) is 5.89 Å². The molecule has 0 radical (unpaired) electrons. The van der Waals surface area contributed by atoms with Gasteiger partial charge in [-0.05, 0) is 31.2 Å². The smallest absolute Gasteiger partial charge is 0.258 e. The van der Waals surface area contributed by atoms with Gasteiger partial charge in [-0.15, -0.1) is 0 Å². The summed E-state index contributed by atoms with van der Waals surface area (Å²) in [5.41, 5.74) is 7.00. The number of nitrogen functional groups attached to an aromatic ring is 1.